The largest absolute Gasteiger partial charge is 0.350 e. The standard InChI is InChI=1S/C14H20N4/c1-10-7-11(2)9-12(8-10)15-14-16-13-5-3-4-6-18(13)17-14/h3-6,10-12H,7-9H2,1-2H3,(H,15,17). The van der Waals surface area contributed by atoms with E-state index in [0.29, 0.717) is 6.04 Å². The molecule has 1 fully saturated rings. The van der Waals surface area contributed by atoms with Crippen LogP contribution in [0.15, 0.2) is 24.4 Å². The normalized spacial score (nSPS) is 28.4. The highest BCUT2D eigenvalue weighted by Gasteiger charge is 2.24. The number of fused-ring (bicyclic) bond motifs is 1. The van der Waals surface area contributed by atoms with Gasteiger partial charge in [-0.2, -0.15) is 4.98 Å². The number of nitrogens with zero attached hydrogens (tertiary/aromatic N) is 3. The predicted molar refractivity (Wildman–Crippen MR) is 72.6 cm³/mol. The summed E-state index contributed by atoms with van der Waals surface area (Å²) >= 11 is 0. The van der Waals surface area contributed by atoms with E-state index < -0.39 is 0 Å². The molecule has 0 radical (unpaired) electrons. The Bertz CT molecular complexity index is 490. The molecule has 18 heavy (non-hydrogen) atoms. The fourth-order valence-corrected chi connectivity index (χ4v) is 3.14. The molecule has 4 nitrogen and oxygen atoms in total. The Labute approximate surface area is 107 Å². The van der Waals surface area contributed by atoms with E-state index in [2.05, 4.69) is 29.2 Å². The van der Waals surface area contributed by atoms with Crippen molar-refractivity contribution in [1.29, 1.82) is 0 Å². The van der Waals surface area contributed by atoms with Crippen molar-refractivity contribution in [3.05, 3.63) is 24.4 Å². The SMILES string of the molecule is CC1CC(C)CC(Nc2nc3ccccn3n2)C1. The van der Waals surface area contributed by atoms with Crippen LogP contribution in [0.25, 0.3) is 5.65 Å². The summed E-state index contributed by atoms with van der Waals surface area (Å²) in [6.07, 6.45) is 5.72. The van der Waals surface area contributed by atoms with Crippen molar-refractivity contribution in [2.75, 3.05) is 5.32 Å². The van der Waals surface area contributed by atoms with Gasteiger partial charge in [-0.1, -0.05) is 19.9 Å². The molecule has 3 rings (SSSR count). The van der Waals surface area contributed by atoms with E-state index >= 15 is 0 Å². The Hall–Kier alpha value is -1.58. The molecular weight excluding hydrogens is 224 g/mol. The van der Waals surface area contributed by atoms with Gasteiger partial charge in [0, 0.05) is 12.2 Å². The van der Waals surface area contributed by atoms with Crippen molar-refractivity contribution in [2.24, 2.45) is 11.8 Å². The monoisotopic (exact) mass is 244 g/mol. The van der Waals surface area contributed by atoms with Gasteiger partial charge in [0.2, 0.25) is 5.95 Å². The van der Waals surface area contributed by atoms with Crippen LogP contribution in [-0.4, -0.2) is 20.6 Å². The topological polar surface area (TPSA) is 42.2 Å². The number of nitrogens with one attached hydrogen (secondary N) is 1. The second-order valence-corrected chi connectivity index (χ2v) is 5.70. The van der Waals surface area contributed by atoms with Gasteiger partial charge in [0.05, 0.1) is 0 Å². The second-order valence-electron chi connectivity index (χ2n) is 5.70. The Morgan fingerprint density at radius 3 is 2.67 bits per heavy atom. The summed E-state index contributed by atoms with van der Waals surface area (Å²) in [5.74, 6) is 2.35. The first kappa shape index (κ1) is 11.5. The number of rotatable bonds is 2. The number of hydrogen-bond acceptors (Lipinski definition) is 3. The molecule has 1 aliphatic carbocycles. The summed E-state index contributed by atoms with van der Waals surface area (Å²) in [5, 5.41) is 7.94. The van der Waals surface area contributed by atoms with Crippen LogP contribution in [0.5, 0.6) is 0 Å². The Morgan fingerprint density at radius 2 is 1.94 bits per heavy atom. The molecule has 2 heterocycles. The van der Waals surface area contributed by atoms with Crippen molar-refractivity contribution < 1.29 is 0 Å². The molecular formula is C14H20N4. The number of anilines is 1. The molecule has 96 valence electrons. The lowest BCUT2D eigenvalue weighted by Crippen LogP contribution is -2.30. The zero-order valence-electron chi connectivity index (χ0n) is 11.0. The average Bonchev–Trinajstić information content (AvgIpc) is 2.69. The fraction of sp³-hybridized carbons (Fsp3) is 0.571. The summed E-state index contributed by atoms with van der Waals surface area (Å²) in [6, 6.07) is 6.44. The first-order valence-corrected chi connectivity index (χ1v) is 6.78. The van der Waals surface area contributed by atoms with Crippen LogP contribution in [0, 0.1) is 11.8 Å². The lowest BCUT2D eigenvalue weighted by atomic mass is 9.80. The molecule has 2 unspecified atom stereocenters. The predicted octanol–water partition coefficient (Wildman–Crippen LogP) is 2.97. The molecule has 2 aromatic rings. The lowest BCUT2D eigenvalue weighted by molar-refractivity contribution is 0.280. The molecule has 1 aliphatic rings. The van der Waals surface area contributed by atoms with Crippen LogP contribution in [0.2, 0.25) is 0 Å². The van der Waals surface area contributed by atoms with Crippen molar-refractivity contribution in [2.45, 2.75) is 39.2 Å². The van der Waals surface area contributed by atoms with Crippen LogP contribution >= 0.6 is 0 Å². The van der Waals surface area contributed by atoms with Gasteiger partial charge in [0.15, 0.2) is 5.65 Å². The second kappa shape index (κ2) is 4.59. The highest BCUT2D eigenvalue weighted by molar-refractivity contribution is 5.43. The summed E-state index contributed by atoms with van der Waals surface area (Å²) < 4.78 is 1.82. The van der Waals surface area contributed by atoms with E-state index in [4.69, 9.17) is 0 Å². The first-order valence-electron chi connectivity index (χ1n) is 6.78. The van der Waals surface area contributed by atoms with Crippen molar-refractivity contribution in [3.8, 4) is 0 Å². The molecule has 1 N–H and O–H groups in total. The van der Waals surface area contributed by atoms with E-state index in [1.165, 1.54) is 19.3 Å². The number of pyridine rings is 1. The van der Waals surface area contributed by atoms with Crippen LogP contribution in [-0.2, 0) is 0 Å². The van der Waals surface area contributed by atoms with E-state index in [9.17, 15) is 0 Å². The third kappa shape index (κ3) is 2.33. The molecule has 0 aliphatic heterocycles. The maximum Gasteiger partial charge on any atom is 0.243 e. The summed E-state index contributed by atoms with van der Waals surface area (Å²) in [6.45, 7) is 4.67. The van der Waals surface area contributed by atoms with Gasteiger partial charge in [-0.25, -0.2) is 4.52 Å². The van der Waals surface area contributed by atoms with Gasteiger partial charge < -0.3 is 5.32 Å². The zero-order valence-corrected chi connectivity index (χ0v) is 11.0. The van der Waals surface area contributed by atoms with Crippen LogP contribution in [0.1, 0.15) is 33.1 Å². The minimum Gasteiger partial charge on any atom is -0.350 e. The van der Waals surface area contributed by atoms with Crippen LogP contribution < -0.4 is 5.32 Å². The number of aromatic nitrogens is 3. The summed E-state index contributed by atoms with van der Waals surface area (Å²) in [5.41, 5.74) is 0.900. The van der Waals surface area contributed by atoms with Crippen LogP contribution in [0.4, 0.5) is 5.95 Å². The summed E-state index contributed by atoms with van der Waals surface area (Å²) in [4.78, 5) is 4.50. The molecule has 0 saturated heterocycles. The minimum atomic E-state index is 0.515. The van der Waals surface area contributed by atoms with Gasteiger partial charge in [-0.15, -0.1) is 5.10 Å². The van der Waals surface area contributed by atoms with Gasteiger partial charge in [-0.3, -0.25) is 0 Å². The molecule has 0 aromatic carbocycles. The van der Waals surface area contributed by atoms with E-state index in [1.54, 1.807) is 0 Å². The highest BCUT2D eigenvalue weighted by Crippen LogP contribution is 2.29. The van der Waals surface area contributed by atoms with E-state index in [1.807, 2.05) is 28.9 Å². The van der Waals surface area contributed by atoms with Gasteiger partial charge in [0.1, 0.15) is 0 Å². The molecule has 1 saturated carbocycles. The maximum absolute atomic E-state index is 4.50. The molecule has 4 heteroatoms. The van der Waals surface area contributed by atoms with E-state index in [-0.39, 0.29) is 0 Å². The molecule has 0 bridgehead atoms. The average molecular weight is 244 g/mol. The summed E-state index contributed by atoms with van der Waals surface area (Å²) in [7, 11) is 0. The Balaban J connectivity index is 1.75. The Kier molecular flexibility index (Phi) is 2.94. The first-order chi connectivity index (χ1) is 8.70. The maximum atomic E-state index is 4.50. The number of hydrogen-bond donors (Lipinski definition) is 1. The highest BCUT2D eigenvalue weighted by atomic mass is 15.3. The fourth-order valence-electron chi connectivity index (χ4n) is 3.14. The molecule has 0 amide bonds. The van der Waals surface area contributed by atoms with Crippen LogP contribution in [0.3, 0.4) is 0 Å². The zero-order chi connectivity index (χ0) is 12.5. The molecule has 0 spiro atoms. The van der Waals surface area contributed by atoms with Gasteiger partial charge in [0.25, 0.3) is 0 Å². The minimum absolute atomic E-state index is 0.515. The quantitative estimate of drug-likeness (QED) is 0.883. The van der Waals surface area contributed by atoms with Crippen molar-refractivity contribution in [1.82, 2.24) is 14.6 Å². The van der Waals surface area contributed by atoms with Crippen molar-refractivity contribution >= 4 is 11.6 Å². The molecule has 2 aromatic heterocycles. The van der Waals surface area contributed by atoms with Crippen molar-refractivity contribution in [3.63, 3.8) is 0 Å². The third-order valence-electron chi connectivity index (χ3n) is 3.75. The third-order valence-corrected chi connectivity index (χ3v) is 3.75. The lowest BCUT2D eigenvalue weighted by Gasteiger charge is -2.31. The van der Waals surface area contributed by atoms with Gasteiger partial charge in [-0.05, 0) is 43.2 Å². The van der Waals surface area contributed by atoms with E-state index in [0.717, 1.165) is 23.4 Å². The van der Waals surface area contributed by atoms with Gasteiger partial charge >= 0.3 is 0 Å². The Morgan fingerprint density at radius 1 is 1.17 bits per heavy atom. The smallest absolute Gasteiger partial charge is 0.243 e. The molecule has 2 atom stereocenters.